The molecular weight excluding hydrogens is 238 g/mol. The zero-order valence-corrected chi connectivity index (χ0v) is 11.8. The Hall–Kier alpha value is -0.180. The van der Waals surface area contributed by atoms with Crippen molar-refractivity contribution in [3.63, 3.8) is 0 Å². The number of hydrogen-bond acceptors (Lipinski definition) is 2. The predicted octanol–water partition coefficient (Wildman–Crippen LogP) is 4.21. The topological polar surface area (TPSA) is 12.0 Å². The Kier molecular flexibility index (Phi) is 5.67. The second-order valence-electron chi connectivity index (χ2n) is 4.81. The van der Waals surface area contributed by atoms with Gasteiger partial charge in [0.1, 0.15) is 0 Å². The molecule has 0 spiro atoms. The molecule has 1 rings (SSSR count). The first kappa shape index (κ1) is 13.9. The number of nitrogens with one attached hydrogen (secondary N) is 1. The van der Waals surface area contributed by atoms with Crippen molar-refractivity contribution < 1.29 is 0 Å². The lowest BCUT2D eigenvalue weighted by Gasteiger charge is -2.20. The van der Waals surface area contributed by atoms with E-state index in [-0.39, 0.29) is 5.54 Å². The smallest absolute Gasteiger partial charge is 0.0541 e. The summed E-state index contributed by atoms with van der Waals surface area (Å²) in [7, 11) is 0. The first-order valence-electron chi connectivity index (χ1n) is 5.61. The third-order valence-corrected chi connectivity index (χ3v) is 3.67. The molecule has 16 heavy (non-hydrogen) atoms. The van der Waals surface area contributed by atoms with Gasteiger partial charge in [0, 0.05) is 10.4 Å². The first-order valence-corrected chi connectivity index (χ1v) is 6.98. The largest absolute Gasteiger partial charge is 0.312 e. The minimum atomic E-state index is 0.217. The SMILES string of the molecule is CC(C)(C)NCCCSc1ccccc1Cl. The van der Waals surface area contributed by atoms with Crippen LogP contribution in [-0.4, -0.2) is 17.8 Å². The van der Waals surface area contributed by atoms with Crippen molar-refractivity contribution in [2.24, 2.45) is 0 Å². The molecule has 0 saturated carbocycles. The maximum Gasteiger partial charge on any atom is 0.0541 e. The zero-order valence-electron chi connectivity index (χ0n) is 10.2. The van der Waals surface area contributed by atoms with Gasteiger partial charge in [-0.15, -0.1) is 11.8 Å². The Balaban J connectivity index is 2.19. The van der Waals surface area contributed by atoms with Crippen LogP contribution in [0.4, 0.5) is 0 Å². The summed E-state index contributed by atoms with van der Waals surface area (Å²) in [5.41, 5.74) is 0.217. The molecular formula is C13H20ClNS. The molecule has 0 saturated heterocycles. The fourth-order valence-corrected chi connectivity index (χ4v) is 2.47. The fourth-order valence-electron chi connectivity index (χ4n) is 1.28. The Morgan fingerprint density at radius 2 is 1.94 bits per heavy atom. The van der Waals surface area contributed by atoms with Crippen LogP contribution in [0.2, 0.25) is 5.02 Å². The van der Waals surface area contributed by atoms with E-state index in [1.807, 2.05) is 30.0 Å². The van der Waals surface area contributed by atoms with Crippen LogP contribution >= 0.6 is 23.4 Å². The highest BCUT2D eigenvalue weighted by atomic mass is 35.5. The number of rotatable bonds is 5. The molecule has 0 aromatic heterocycles. The molecule has 0 aliphatic heterocycles. The van der Waals surface area contributed by atoms with Crippen LogP contribution < -0.4 is 5.32 Å². The fraction of sp³-hybridized carbons (Fsp3) is 0.538. The molecule has 0 unspecified atom stereocenters. The average Bonchev–Trinajstić information content (AvgIpc) is 2.18. The van der Waals surface area contributed by atoms with Crippen molar-refractivity contribution in [2.75, 3.05) is 12.3 Å². The van der Waals surface area contributed by atoms with E-state index in [0.717, 1.165) is 23.7 Å². The summed E-state index contributed by atoms with van der Waals surface area (Å²) < 4.78 is 0. The molecule has 0 aliphatic carbocycles. The van der Waals surface area contributed by atoms with E-state index < -0.39 is 0 Å². The normalized spacial score (nSPS) is 11.8. The number of halogens is 1. The van der Waals surface area contributed by atoms with Crippen LogP contribution in [0.3, 0.4) is 0 Å². The molecule has 0 atom stereocenters. The lowest BCUT2D eigenvalue weighted by atomic mass is 10.1. The molecule has 0 amide bonds. The minimum absolute atomic E-state index is 0.217. The highest BCUT2D eigenvalue weighted by Gasteiger charge is 2.07. The van der Waals surface area contributed by atoms with Gasteiger partial charge in [-0.2, -0.15) is 0 Å². The Labute approximate surface area is 108 Å². The van der Waals surface area contributed by atoms with Crippen molar-refractivity contribution in [3.8, 4) is 0 Å². The predicted molar refractivity (Wildman–Crippen MR) is 74.5 cm³/mol. The van der Waals surface area contributed by atoms with E-state index in [2.05, 4.69) is 32.2 Å². The van der Waals surface area contributed by atoms with E-state index in [9.17, 15) is 0 Å². The van der Waals surface area contributed by atoms with Gasteiger partial charge in [-0.05, 0) is 51.6 Å². The summed E-state index contributed by atoms with van der Waals surface area (Å²) in [5, 5.41) is 4.33. The van der Waals surface area contributed by atoms with E-state index in [1.54, 1.807) is 0 Å². The maximum absolute atomic E-state index is 6.07. The van der Waals surface area contributed by atoms with Crippen LogP contribution in [0.15, 0.2) is 29.2 Å². The monoisotopic (exact) mass is 257 g/mol. The van der Waals surface area contributed by atoms with Gasteiger partial charge in [-0.3, -0.25) is 0 Å². The number of thioether (sulfide) groups is 1. The molecule has 0 fully saturated rings. The summed E-state index contributed by atoms with van der Waals surface area (Å²) in [5.74, 6) is 1.10. The summed E-state index contributed by atoms with van der Waals surface area (Å²) in [6, 6.07) is 8.01. The molecule has 3 heteroatoms. The third-order valence-electron chi connectivity index (χ3n) is 2.07. The van der Waals surface area contributed by atoms with Crippen LogP contribution in [0.25, 0.3) is 0 Å². The van der Waals surface area contributed by atoms with Crippen molar-refractivity contribution in [1.29, 1.82) is 0 Å². The van der Waals surface area contributed by atoms with E-state index in [0.29, 0.717) is 0 Å². The summed E-state index contributed by atoms with van der Waals surface area (Å²) in [6.45, 7) is 7.62. The Morgan fingerprint density at radius 1 is 1.25 bits per heavy atom. The second-order valence-corrected chi connectivity index (χ2v) is 6.35. The van der Waals surface area contributed by atoms with Gasteiger partial charge in [-0.25, -0.2) is 0 Å². The molecule has 0 aliphatic rings. The van der Waals surface area contributed by atoms with Gasteiger partial charge < -0.3 is 5.32 Å². The van der Waals surface area contributed by atoms with Gasteiger partial charge in [0.05, 0.1) is 5.02 Å². The molecule has 1 aromatic carbocycles. The van der Waals surface area contributed by atoms with Gasteiger partial charge in [-0.1, -0.05) is 23.7 Å². The van der Waals surface area contributed by atoms with E-state index in [1.165, 1.54) is 4.90 Å². The molecule has 0 heterocycles. The number of benzene rings is 1. The Morgan fingerprint density at radius 3 is 2.56 bits per heavy atom. The van der Waals surface area contributed by atoms with Crippen molar-refractivity contribution in [2.45, 2.75) is 37.6 Å². The zero-order chi connectivity index (χ0) is 12.0. The van der Waals surface area contributed by atoms with Gasteiger partial charge in [0.25, 0.3) is 0 Å². The molecule has 1 nitrogen and oxygen atoms in total. The molecule has 0 radical (unpaired) electrons. The van der Waals surface area contributed by atoms with Crippen molar-refractivity contribution >= 4 is 23.4 Å². The lowest BCUT2D eigenvalue weighted by molar-refractivity contribution is 0.427. The summed E-state index contributed by atoms with van der Waals surface area (Å²) >= 11 is 7.90. The molecule has 0 bridgehead atoms. The van der Waals surface area contributed by atoms with Crippen molar-refractivity contribution in [3.05, 3.63) is 29.3 Å². The number of hydrogen-bond donors (Lipinski definition) is 1. The molecule has 1 aromatic rings. The van der Waals surface area contributed by atoms with Gasteiger partial charge in [0.15, 0.2) is 0 Å². The average molecular weight is 258 g/mol. The highest BCUT2D eigenvalue weighted by molar-refractivity contribution is 7.99. The van der Waals surface area contributed by atoms with Gasteiger partial charge >= 0.3 is 0 Å². The lowest BCUT2D eigenvalue weighted by Crippen LogP contribution is -2.36. The first-order chi connectivity index (χ1) is 7.49. The van der Waals surface area contributed by atoms with Crippen molar-refractivity contribution in [1.82, 2.24) is 5.32 Å². The van der Waals surface area contributed by atoms with Gasteiger partial charge in [0.2, 0.25) is 0 Å². The summed E-state index contributed by atoms with van der Waals surface area (Å²) in [6.07, 6.45) is 1.16. The Bertz CT molecular complexity index is 320. The summed E-state index contributed by atoms with van der Waals surface area (Å²) in [4.78, 5) is 1.18. The quantitative estimate of drug-likeness (QED) is 0.627. The van der Waals surface area contributed by atoms with E-state index in [4.69, 9.17) is 11.6 Å². The maximum atomic E-state index is 6.07. The second kappa shape index (κ2) is 6.53. The standard InChI is InChI=1S/C13H20ClNS/c1-13(2,3)15-9-6-10-16-12-8-5-4-7-11(12)14/h4-5,7-8,15H,6,9-10H2,1-3H3. The minimum Gasteiger partial charge on any atom is -0.312 e. The highest BCUT2D eigenvalue weighted by Crippen LogP contribution is 2.26. The van der Waals surface area contributed by atoms with E-state index >= 15 is 0 Å². The molecule has 1 N–H and O–H groups in total. The van der Waals surface area contributed by atoms with Crippen LogP contribution in [0, 0.1) is 0 Å². The van der Waals surface area contributed by atoms with Crippen LogP contribution in [-0.2, 0) is 0 Å². The van der Waals surface area contributed by atoms with Crippen LogP contribution in [0.1, 0.15) is 27.2 Å². The van der Waals surface area contributed by atoms with Crippen LogP contribution in [0.5, 0.6) is 0 Å². The molecule has 90 valence electrons. The third kappa shape index (κ3) is 5.78.